The first kappa shape index (κ1) is 14.7. The van der Waals surface area contributed by atoms with E-state index in [0.717, 1.165) is 16.9 Å². The highest BCUT2D eigenvalue weighted by atomic mass is 79.9. The van der Waals surface area contributed by atoms with E-state index in [1.807, 2.05) is 32.0 Å². The van der Waals surface area contributed by atoms with Crippen LogP contribution in [0, 0.1) is 0 Å². The van der Waals surface area contributed by atoms with E-state index in [1.54, 1.807) is 12.4 Å². The van der Waals surface area contributed by atoms with E-state index in [1.165, 1.54) is 5.56 Å². The lowest BCUT2D eigenvalue weighted by Gasteiger charge is -2.11. The van der Waals surface area contributed by atoms with E-state index in [0.29, 0.717) is 5.82 Å². The number of hydrogen-bond acceptors (Lipinski definition) is 4. The van der Waals surface area contributed by atoms with Crippen molar-refractivity contribution in [2.75, 3.05) is 6.54 Å². The number of benzene rings is 1. The molecule has 2 aromatic rings. The summed E-state index contributed by atoms with van der Waals surface area (Å²) in [4.78, 5) is 12.9. The van der Waals surface area contributed by atoms with Gasteiger partial charge in [-0.05, 0) is 21.5 Å². The predicted molar refractivity (Wildman–Crippen MR) is 84.8 cm³/mol. The van der Waals surface area contributed by atoms with Gasteiger partial charge in [0.1, 0.15) is 0 Å². The molecule has 0 saturated carbocycles. The monoisotopic (exact) mass is 332 g/mol. The van der Waals surface area contributed by atoms with Crippen LogP contribution >= 0.6 is 15.9 Å². The number of nitrogens with zero attached hydrogens (tertiary/aromatic N) is 3. The summed E-state index contributed by atoms with van der Waals surface area (Å²) in [6.45, 7) is 4.72. The number of amidine groups is 1. The topological polar surface area (TPSA) is 50.2 Å². The lowest BCUT2D eigenvalue weighted by atomic mass is 10.1. The Balaban J connectivity index is 0.000000704. The average Bonchev–Trinajstić information content (AvgIpc) is 3.01. The van der Waals surface area contributed by atoms with Gasteiger partial charge in [0.25, 0.3) is 0 Å². The molecule has 1 aliphatic rings. The average molecular weight is 333 g/mol. The minimum absolute atomic E-state index is 0.216. The summed E-state index contributed by atoms with van der Waals surface area (Å²) in [5.41, 5.74) is 1.23. The summed E-state index contributed by atoms with van der Waals surface area (Å²) >= 11 is 3.32. The summed E-state index contributed by atoms with van der Waals surface area (Å²) in [5.74, 6) is 1.40. The first-order valence-electron chi connectivity index (χ1n) is 6.67. The summed E-state index contributed by atoms with van der Waals surface area (Å²) in [6.07, 6.45) is 3.45. The van der Waals surface area contributed by atoms with Crippen LogP contribution in [-0.2, 0) is 0 Å². The molecule has 0 saturated heterocycles. The Morgan fingerprint density at radius 3 is 2.40 bits per heavy atom. The van der Waals surface area contributed by atoms with E-state index in [9.17, 15) is 0 Å². The molecule has 20 heavy (non-hydrogen) atoms. The van der Waals surface area contributed by atoms with Gasteiger partial charge in [0, 0.05) is 12.4 Å². The molecular formula is C15H17BrN4. The standard InChI is InChI=1S/C13H11BrN4.C2H6/c14-10-6-15-12(16-7-10)13-17-8-11(18-13)9-4-2-1-3-5-9;1-2/h1-7,11H,8H2,(H,17,18);1-2H3. The van der Waals surface area contributed by atoms with Gasteiger partial charge in [-0.25, -0.2) is 9.97 Å². The Hall–Kier alpha value is -1.75. The van der Waals surface area contributed by atoms with Gasteiger partial charge in [-0.2, -0.15) is 0 Å². The van der Waals surface area contributed by atoms with Crippen molar-refractivity contribution >= 4 is 21.8 Å². The number of rotatable bonds is 2. The molecule has 0 radical (unpaired) electrons. The molecule has 1 aromatic carbocycles. The number of aromatic nitrogens is 2. The Bertz CT molecular complexity index is 566. The fourth-order valence-corrected chi connectivity index (χ4v) is 2.09. The molecule has 1 atom stereocenters. The van der Waals surface area contributed by atoms with Crippen LogP contribution in [0.5, 0.6) is 0 Å². The smallest absolute Gasteiger partial charge is 0.195 e. The molecule has 104 valence electrons. The maximum absolute atomic E-state index is 4.46. The molecule has 3 rings (SSSR count). The third kappa shape index (κ3) is 3.42. The maximum atomic E-state index is 4.46. The van der Waals surface area contributed by atoms with Crippen LogP contribution in [0.25, 0.3) is 0 Å². The fraction of sp³-hybridized carbons (Fsp3) is 0.267. The van der Waals surface area contributed by atoms with E-state index in [-0.39, 0.29) is 6.04 Å². The van der Waals surface area contributed by atoms with Crippen LogP contribution in [0.3, 0.4) is 0 Å². The molecule has 2 heterocycles. The van der Waals surface area contributed by atoms with Crippen LogP contribution in [0.4, 0.5) is 0 Å². The van der Waals surface area contributed by atoms with Crippen molar-refractivity contribution in [3.05, 3.63) is 58.6 Å². The van der Waals surface area contributed by atoms with E-state index in [4.69, 9.17) is 0 Å². The fourth-order valence-electron chi connectivity index (χ4n) is 1.88. The normalized spacial score (nSPS) is 16.8. The molecule has 0 aliphatic carbocycles. The first-order chi connectivity index (χ1) is 9.83. The zero-order chi connectivity index (χ0) is 14.4. The van der Waals surface area contributed by atoms with E-state index >= 15 is 0 Å². The van der Waals surface area contributed by atoms with Crippen molar-refractivity contribution in [2.24, 2.45) is 4.99 Å². The molecule has 1 aliphatic heterocycles. The van der Waals surface area contributed by atoms with Crippen molar-refractivity contribution in [2.45, 2.75) is 19.9 Å². The highest BCUT2D eigenvalue weighted by Crippen LogP contribution is 2.18. The summed E-state index contributed by atoms with van der Waals surface area (Å²) in [6, 6.07) is 10.5. The van der Waals surface area contributed by atoms with Crippen LogP contribution < -0.4 is 5.32 Å². The van der Waals surface area contributed by atoms with E-state index < -0.39 is 0 Å². The maximum Gasteiger partial charge on any atom is 0.195 e. The quantitative estimate of drug-likeness (QED) is 0.917. The molecular weight excluding hydrogens is 316 g/mol. The summed E-state index contributed by atoms with van der Waals surface area (Å²) < 4.78 is 0.865. The van der Waals surface area contributed by atoms with Crippen molar-refractivity contribution in [1.29, 1.82) is 0 Å². The lowest BCUT2D eigenvalue weighted by molar-refractivity contribution is 0.708. The molecule has 0 bridgehead atoms. The van der Waals surface area contributed by atoms with Gasteiger partial charge in [-0.15, -0.1) is 0 Å². The molecule has 0 spiro atoms. The SMILES string of the molecule is Brc1cnc(C2=NCC(c3ccccc3)N2)nc1.CC. The molecule has 4 nitrogen and oxygen atoms in total. The van der Waals surface area contributed by atoms with Crippen LogP contribution in [0.1, 0.15) is 31.3 Å². The van der Waals surface area contributed by atoms with Gasteiger partial charge in [0.05, 0.1) is 17.1 Å². The zero-order valence-electron chi connectivity index (χ0n) is 11.5. The minimum atomic E-state index is 0.216. The van der Waals surface area contributed by atoms with Gasteiger partial charge in [0.15, 0.2) is 11.7 Å². The van der Waals surface area contributed by atoms with Crippen LogP contribution in [0.2, 0.25) is 0 Å². The third-order valence-corrected chi connectivity index (χ3v) is 3.19. The Labute approximate surface area is 127 Å². The van der Waals surface area contributed by atoms with Gasteiger partial charge in [0.2, 0.25) is 0 Å². The molecule has 0 amide bonds. The zero-order valence-corrected chi connectivity index (χ0v) is 13.1. The van der Waals surface area contributed by atoms with Gasteiger partial charge >= 0.3 is 0 Å². The van der Waals surface area contributed by atoms with Gasteiger partial charge in [-0.3, -0.25) is 4.99 Å². The summed E-state index contributed by atoms with van der Waals surface area (Å²) in [5, 5.41) is 3.35. The molecule has 1 N–H and O–H groups in total. The number of halogens is 1. The highest BCUT2D eigenvalue weighted by molar-refractivity contribution is 9.10. The molecule has 1 unspecified atom stereocenters. The second kappa shape index (κ2) is 7.14. The predicted octanol–water partition coefficient (Wildman–Crippen LogP) is 3.36. The number of nitrogens with one attached hydrogen (secondary N) is 1. The van der Waals surface area contributed by atoms with E-state index in [2.05, 4.69) is 48.3 Å². The van der Waals surface area contributed by atoms with Crippen molar-refractivity contribution in [3.8, 4) is 0 Å². The third-order valence-electron chi connectivity index (χ3n) is 2.78. The molecule has 0 fully saturated rings. The van der Waals surface area contributed by atoms with Crippen molar-refractivity contribution in [3.63, 3.8) is 0 Å². The van der Waals surface area contributed by atoms with Crippen LogP contribution in [0.15, 0.2) is 52.2 Å². The Morgan fingerprint density at radius 2 is 1.75 bits per heavy atom. The number of aliphatic imine (C=N–C) groups is 1. The Morgan fingerprint density at radius 1 is 1.10 bits per heavy atom. The lowest BCUT2D eigenvalue weighted by Crippen LogP contribution is -2.25. The van der Waals surface area contributed by atoms with Crippen molar-refractivity contribution in [1.82, 2.24) is 15.3 Å². The number of hydrogen-bond donors (Lipinski definition) is 1. The van der Waals surface area contributed by atoms with Gasteiger partial charge in [-0.1, -0.05) is 44.2 Å². The summed E-state index contributed by atoms with van der Waals surface area (Å²) in [7, 11) is 0. The first-order valence-corrected chi connectivity index (χ1v) is 7.46. The van der Waals surface area contributed by atoms with Crippen LogP contribution in [-0.4, -0.2) is 22.3 Å². The molecule has 5 heteroatoms. The molecule has 1 aromatic heterocycles. The largest absolute Gasteiger partial charge is 0.359 e. The Kier molecular flexibility index (Phi) is 5.24. The van der Waals surface area contributed by atoms with Gasteiger partial charge < -0.3 is 5.32 Å². The second-order valence-corrected chi connectivity index (χ2v) is 4.94. The van der Waals surface area contributed by atoms with Crippen molar-refractivity contribution < 1.29 is 0 Å². The minimum Gasteiger partial charge on any atom is -0.359 e. The second-order valence-electron chi connectivity index (χ2n) is 4.02. The highest BCUT2D eigenvalue weighted by Gasteiger charge is 2.21.